The van der Waals surface area contributed by atoms with Gasteiger partial charge in [0.2, 0.25) is 5.91 Å². The van der Waals surface area contributed by atoms with Crippen LogP contribution in [0.1, 0.15) is 43.9 Å². The number of carbonyl (C=O) groups is 3. The van der Waals surface area contributed by atoms with Crippen molar-refractivity contribution in [3.63, 3.8) is 0 Å². The first kappa shape index (κ1) is 21.4. The van der Waals surface area contributed by atoms with Crippen molar-refractivity contribution in [1.82, 2.24) is 5.16 Å². The van der Waals surface area contributed by atoms with Gasteiger partial charge in [0.05, 0.1) is 0 Å². The van der Waals surface area contributed by atoms with Crippen molar-refractivity contribution in [3.8, 4) is 5.75 Å². The number of esters is 1. The van der Waals surface area contributed by atoms with E-state index in [2.05, 4.69) is 15.8 Å². The molecule has 1 aliphatic rings. The van der Waals surface area contributed by atoms with Crippen LogP contribution in [0.3, 0.4) is 0 Å². The summed E-state index contributed by atoms with van der Waals surface area (Å²) in [5.74, 6) is 0.201. The molecular formula is C21H25N3O6. The highest BCUT2D eigenvalue weighted by Gasteiger charge is 2.24. The summed E-state index contributed by atoms with van der Waals surface area (Å²) in [6.45, 7) is 3.37. The van der Waals surface area contributed by atoms with E-state index in [1.54, 1.807) is 31.2 Å². The Kier molecular flexibility index (Phi) is 7.05. The lowest BCUT2D eigenvalue weighted by molar-refractivity contribution is -0.156. The second-order valence-electron chi connectivity index (χ2n) is 7.09. The van der Waals surface area contributed by atoms with Gasteiger partial charge in [-0.05, 0) is 49.9 Å². The van der Waals surface area contributed by atoms with E-state index in [4.69, 9.17) is 14.0 Å². The Balaban J connectivity index is 1.54. The largest absolute Gasteiger partial charge is 0.482 e. The topological polar surface area (TPSA) is 120 Å². The molecule has 0 bridgehead atoms. The molecule has 2 aromatic rings. The van der Waals surface area contributed by atoms with Crippen LogP contribution in [0.2, 0.25) is 0 Å². The van der Waals surface area contributed by atoms with Crippen LogP contribution in [0.25, 0.3) is 0 Å². The van der Waals surface area contributed by atoms with Gasteiger partial charge in [-0.3, -0.25) is 9.59 Å². The van der Waals surface area contributed by atoms with Gasteiger partial charge in [-0.2, -0.15) is 0 Å². The fourth-order valence-electron chi connectivity index (χ4n) is 3.05. The highest BCUT2D eigenvalue weighted by Crippen LogP contribution is 2.26. The smallest absolute Gasteiger partial charge is 0.344 e. The number of anilines is 2. The number of aromatic nitrogens is 1. The summed E-state index contributed by atoms with van der Waals surface area (Å²) in [6, 6.07) is 6.78. The van der Waals surface area contributed by atoms with Gasteiger partial charge in [-0.25, -0.2) is 4.79 Å². The predicted molar refractivity (Wildman–Crippen MR) is 108 cm³/mol. The molecule has 30 heavy (non-hydrogen) atoms. The van der Waals surface area contributed by atoms with Gasteiger partial charge in [0.15, 0.2) is 18.5 Å². The fourth-order valence-corrected chi connectivity index (χ4v) is 3.05. The van der Waals surface area contributed by atoms with Crippen LogP contribution in [0.15, 0.2) is 28.8 Å². The van der Waals surface area contributed by atoms with E-state index in [1.165, 1.54) is 0 Å². The van der Waals surface area contributed by atoms with E-state index in [0.717, 1.165) is 24.1 Å². The van der Waals surface area contributed by atoms with Crippen molar-refractivity contribution in [1.29, 1.82) is 0 Å². The number of nitrogens with one attached hydrogen (secondary N) is 2. The second kappa shape index (κ2) is 9.91. The molecule has 0 saturated heterocycles. The number of amides is 2. The van der Waals surface area contributed by atoms with E-state index in [9.17, 15) is 14.4 Å². The highest BCUT2D eigenvalue weighted by atomic mass is 16.6. The summed E-state index contributed by atoms with van der Waals surface area (Å²) in [7, 11) is 0. The number of ether oxygens (including phenoxy) is 2. The molecule has 2 heterocycles. The average Bonchev–Trinajstić information content (AvgIpc) is 3.13. The lowest BCUT2D eigenvalue weighted by Crippen LogP contribution is -2.34. The molecule has 0 fully saturated rings. The van der Waals surface area contributed by atoms with Crippen molar-refractivity contribution >= 4 is 29.3 Å². The first-order valence-corrected chi connectivity index (χ1v) is 9.94. The minimum atomic E-state index is -0.947. The Bertz CT molecular complexity index is 923. The Morgan fingerprint density at radius 2 is 2.13 bits per heavy atom. The molecule has 1 aliphatic heterocycles. The third-order valence-corrected chi connectivity index (χ3v) is 4.59. The summed E-state index contributed by atoms with van der Waals surface area (Å²) in [5, 5.41) is 9.10. The van der Waals surface area contributed by atoms with Gasteiger partial charge in [-0.15, -0.1) is 0 Å². The van der Waals surface area contributed by atoms with Crippen LogP contribution in [-0.4, -0.2) is 35.7 Å². The number of aryl methyl sites for hydroxylation is 2. The monoisotopic (exact) mass is 415 g/mol. The van der Waals surface area contributed by atoms with Crippen LogP contribution in [0, 0.1) is 6.92 Å². The SMILES string of the molecule is CCCCC(OC(=O)COc1ccc2c(c1)CCC(=O)N2)C(=O)Nc1cc(C)on1. The summed E-state index contributed by atoms with van der Waals surface area (Å²) in [4.78, 5) is 36.2. The third kappa shape index (κ3) is 5.82. The number of unbranched alkanes of at least 4 members (excludes halogenated alkanes) is 1. The van der Waals surface area contributed by atoms with Crippen molar-refractivity contribution in [2.75, 3.05) is 17.2 Å². The molecule has 9 heteroatoms. The summed E-state index contributed by atoms with van der Waals surface area (Å²) < 4.78 is 15.8. The Morgan fingerprint density at radius 1 is 1.30 bits per heavy atom. The summed E-state index contributed by atoms with van der Waals surface area (Å²) >= 11 is 0. The zero-order chi connectivity index (χ0) is 21.5. The highest BCUT2D eigenvalue weighted by molar-refractivity contribution is 5.95. The molecule has 1 unspecified atom stereocenters. The number of hydrogen-bond donors (Lipinski definition) is 2. The van der Waals surface area contributed by atoms with Crippen molar-refractivity contribution in [2.24, 2.45) is 0 Å². The van der Waals surface area contributed by atoms with E-state index in [0.29, 0.717) is 30.8 Å². The third-order valence-electron chi connectivity index (χ3n) is 4.59. The molecule has 0 spiro atoms. The zero-order valence-corrected chi connectivity index (χ0v) is 17.0. The van der Waals surface area contributed by atoms with Gasteiger partial charge in [0.1, 0.15) is 11.5 Å². The van der Waals surface area contributed by atoms with Crippen molar-refractivity contribution < 1.29 is 28.4 Å². The molecule has 9 nitrogen and oxygen atoms in total. The summed E-state index contributed by atoms with van der Waals surface area (Å²) in [6.07, 6.45) is 2.05. The first-order chi connectivity index (χ1) is 14.4. The average molecular weight is 415 g/mol. The molecule has 1 aromatic heterocycles. The number of nitrogens with zero attached hydrogens (tertiary/aromatic N) is 1. The maximum atomic E-state index is 12.5. The van der Waals surface area contributed by atoms with Crippen molar-refractivity contribution in [3.05, 3.63) is 35.6 Å². The quantitative estimate of drug-likeness (QED) is 0.604. The van der Waals surface area contributed by atoms with Crippen LogP contribution in [0.5, 0.6) is 5.75 Å². The molecule has 0 radical (unpaired) electrons. The van der Waals surface area contributed by atoms with Gasteiger partial charge in [0, 0.05) is 18.2 Å². The number of hydrogen-bond acceptors (Lipinski definition) is 7. The van der Waals surface area contributed by atoms with E-state index < -0.39 is 18.0 Å². The fraction of sp³-hybridized carbons (Fsp3) is 0.429. The second-order valence-corrected chi connectivity index (χ2v) is 7.09. The molecule has 0 aliphatic carbocycles. The number of benzene rings is 1. The lowest BCUT2D eigenvalue weighted by Gasteiger charge is -2.18. The Morgan fingerprint density at radius 3 is 2.87 bits per heavy atom. The molecule has 1 atom stereocenters. The van der Waals surface area contributed by atoms with Gasteiger partial charge >= 0.3 is 5.97 Å². The van der Waals surface area contributed by atoms with Crippen LogP contribution < -0.4 is 15.4 Å². The van der Waals surface area contributed by atoms with Gasteiger partial charge in [0.25, 0.3) is 5.91 Å². The molecule has 160 valence electrons. The maximum Gasteiger partial charge on any atom is 0.344 e. The molecule has 0 saturated carbocycles. The van der Waals surface area contributed by atoms with Crippen LogP contribution in [0.4, 0.5) is 11.5 Å². The Labute approximate surface area is 174 Å². The van der Waals surface area contributed by atoms with Crippen molar-refractivity contribution in [2.45, 2.75) is 52.1 Å². The first-order valence-electron chi connectivity index (χ1n) is 9.94. The molecule has 2 N–H and O–H groups in total. The summed E-state index contributed by atoms with van der Waals surface area (Å²) in [5.41, 5.74) is 1.70. The Hall–Kier alpha value is -3.36. The lowest BCUT2D eigenvalue weighted by atomic mass is 10.0. The molecule has 1 aromatic carbocycles. The molecular weight excluding hydrogens is 390 g/mol. The van der Waals surface area contributed by atoms with Gasteiger partial charge < -0.3 is 24.6 Å². The van der Waals surface area contributed by atoms with Crippen LogP contribution in [-0.2, 0) is 25.5 Å². The van der Waals surface area contributed by atoms with E-state index >= 15 is 0 Å². The molecule has 3 rings (SSSR count). The maximum absolute atomic E-state index is 12.5. The number of rotatable bonds is 9. The minimum Gasteiger partial charge on any atom is -0.482 e. The van der Waals surface area contributed by atoms with E-state index in [-0.39, 0.29) is 18.3 Å². The standard InChI is InChI=1S/C21H25N3O6/c1-3-4-5-17(21(27)23-18-10-13(2)30-24-18)29-20(26)12-28-15-7-8-16-14(11-15)6-9-19(25)22-16/h7-8,10-11,17H,3-6,9,12H2,1-2H3,(H,22,25)(H,23,24,27). The number of fused-ring (bicyclic) bond motifs is 1. The number of carbonyl (C=O) groups excluding carboxylic acids is 3. The van der Waals surface area contributed by atoms with Crippen LogP contribution >= 0.6 is 0 Å². The normalized spacial score (nSPS) is 13.7. The zero-order valence-electron chi connectivity index (χ0n) is 17.0. The minimum absolute atomic E-state index is 0.0167. The predicted octanol–water partition coefficient (Wildman–Crippen LogP) is 2.99. The van der Waals surface area contributed by atoms with E-state index in [1.807, 2.05) is 6.92 Å². The molecule has 2 amide bonds. The van der Waals surface area contributed by atoms with Gasteiger partial charge in [-0.1, -0.05) is 18.5 Å².